The highest BCUT2D eigenvalue weighted by Crippen LogP contribution is 2.22. The molecule has 0 aliphatic heterocycles. The van der Waals surface area contributed by atoms with Crippen LogP contribution in [0.4, 0.5) is 0 Å². The number of nitrogens with zero attached hydrogens (tertiary/aromatic N) is 2. The summed E-state index contributed by atoms with van der Waals surface area (Å²) in [4.78, 5) is 23.6. The van der Waals surface area contributed by atoms with E-state index >= 15 is 0 Å². The molecule has 1 aromatic heterocycles. The summed E-state index contributed by atoms with van der Waals surface area (Å²) in [6, 6.07) is 7.09. The van der Waals surface area contributed by atoms with Crippen molar-refractivity contribution in [3.63, 3.8) is 0 Å². The molecular formula is C18H23ClN4O2. The lowest BCUT2D eigenvalue weighted by atomic mass is 10.2. The van der Waals surface area contributed by atoms with Crippen molar-refractivity contribution >= 4 is 23.4 Å². The summed E-state index contributed by atoms with van der Waals surface area (Å²) in [7, 11) is 0. The molecule has 134 valence electrons. The third kappa shape index (κ3) is 4.82. The van der Waals surface area contributed by atoms with Crippen molar-refractivity contribution in [1.29, 1.82) is 0 Å². The summed E-state index contributed by atoms with van der Waals surface area (Å²) in [5.74, 6) is -0.264. The maximum Gasteiger partial charge on any atom is 0.251 e. The molecule has 25 heavy (non-hydrogen) atoms. The molecule has 1 heterocycles. The summed E-state index contributed by atoms with van der Waals surface area (Å²) in [6.45, 7) is 6.70. The van der Waals surface area contributed by atoms with Gasteiger partial charge in [-0.2, -0.15) is 5.10 Å². The Bertz CT molecular complexity index is 753. The second kappa shape index (κ2) is 8.67. The molecule has 0 spiro atoms. The normalized spacial score (nSPS) is 10.6. The summed E-state index contributed by atoms with van der Waals surface area (Å²) < 4.78 is 1.75. The van der Waals surface area contributed by atoms with Crippen molar-refractivity contribution in [3.05, 3.63) is 46.2 Å². The number of aryl methyl sites for hydroxylation is 1. The van der Waals surface area contributed by atoms with Crippen LogP contribution >= 0.6 is 11.6 Å². The lowest BCUT2D eigenvalue weighted by Gasteiger charge is -2.08. The number of carbonyl (C=O) groups excluding carboxylic acids is 2. The van der Waals surface area contributed by atoms with Crippen LogP contribution in [-0.4, -0.2) is 34.7 Å². The van der Waals surface area contributed by atoms with Crippen molar-refractivity contribution in [1.82, 2.24) is 20.4 Å². The minimum Gasteiger partial charge on any atom is -0.356 e. The number of aromatic nitrogens is 2. The predicted molar refractivity (Wildman–Crippen MR) is 98.3 cm³/mol. The van der Waals surface area contributed by atoms with E-state index in [0.717, 1.165) is 23.5 Å². The zero-order valence-electron chi connectivity index (χ0n) is 14.7. The van der Waals surface area contributed by atoms with Crippen LogP contribution in [0.5, 0.6) is 0 Å². The molecule has 2 amide bonds. The molecule has 0 unspecified atom stereocenters. The van der Waals surface area contributed by atoms with E-state index < -0.39 is 0 Å². The highest BCUT2D eigenvalue weighted by molar-refractivity contribution is 6.31. The number of carbonyl (C=O) groups is 2. The number of hydrogen-bond donors (Lipinski definition) is 2. The zero-order valence-corrected chi connectivity index (χ0v) is 15.5. The fourth-order valence-electron chi connectivity index (χ4n) is 2.37. The highest BCUT2D eigenvalue weighted by Gasteiger charge is 2.12. The summed E-state index contributed by atoms with van der Waals surface area (Å²) in [6.07, 6.45) is 1.17. The van der Waals surface area contributed by atoms with E-state index in [-0.39, 0.29) is 18.2 Å². The van der Waals surface area contributed by atoms with Crippen LogP contribution in [0.15, 0.2) is 24.3 Å². The average molecular weight is 363 g/mol. The Kier molecular flexibility index (Phi) is 6.58. The number of benzene rings is 1. The maximum absolute atomic E-state index is 12.1. The van der Waals surface area contributed by atoms with E-state index in [1.54, 1.807) is 16.8 Å². The Hall–Kier alpha value is -2.34. The van der Waals surface area contributed by atoms with Gasteiger partial charge < -0.3 is 10.6 Å². The second-order valence-electron chi connectivity index (χ2n) is 5.80. The average Bonchev–Trinajstić information content (AvgIpc) is 2.87. The van der Waals surface area contributed by atoms with Crippen molar-refractivity contribution < 1.29 is 9.59 Å². The standard InChI is InChI=1S/C18H23ClN4O2/c1-4-10-20-16(24)9-11-21-18(25)14-5-7-15(8-6-14)23-13(3)17(19)12(2)22-23/h5-8H,4,9-11H2,1-3H3,(H,20,24)(H,21,25). The van der Waals surface area contributed by atoms with Gasteiger partial charge in [0.2, 0.25) is 5.91 Å². The molecule has 0 aliphatic rings. The minimum absolute atomic E-state index is 0.0566. The molecule has 0 saturated carbocycles. The van der Waals surface area contributed by atoms with E-state index in [4.69, 9.17) is 11.6 Å². The van der Waals surface area contributed by atoms with Gasteiger partial charge in [-0.05, 0) is 44.5 Å². The molecule has 6 nitrogen and oxygen atoms in total. The van der Waals surface area contributed by atoms with Gasteiger partial charge in [-0.3, -0.25) is 9.59 Å². The smallest absolute Gasteiger partial charge is 0.251 e. The van der Waals surface area contributed by atoms with Gasteiger partial charge in [0.05, 0.1) is 22.1 Å². The minimum atomic E-state index is -0.207. The second-order valence-corrected chi connectivity index (χ2v) is 6.18. The first-order valence-corrected chi connectivity index (χ1v) is 8.69. The topological polar surface area (TPSA) is 76.0 Å². The molecule has 0 fully saturated rings. The predicted octanol–water partition coefficient (Wildman–Crippen LogP) is 2.79. The monoisotopic (exact) mass is 362 g/mol. The number of halogens is 1. The van der Waals surface area contributed by atoms with Crippen molar-refractivity contribution in [3.8, 4) is 5.69 Å². The van der Waals surface area contributed by atoms with Gasteiger partial charge in [-0.15, -0.1) is 0 Å². The summed E-state index contributed by atoms with van der Waals surface area (Å²) >= 11 is 6.16. The van der Waals surface area contributed by atoms with Crippen LogP contribution in [0.2, 0.25) is 5.02 Å². The fourth-order valence-corrected chi connectivity index (χ4v) is 2.49. The summed E-state index contributed by atoms with van der Waals surface area (Å²) in [5.41, 5.74) is 2.99. The summed E-state index contributed by atoms with van der Waals surface area (Å²) in [5, 5.41) is 10.5. The van der Waals surface area contributed by atoms with E-state index in [0.29, 0.717) is 23.7 Å². The molecular weight excluding hydrogens is 340 g/mol. The lowest BCUT2D eigenvalue weighted by Crippen LogP contribution is -2.31. The van der Waals surface area contributed by atoms with E-state index in [1.807, 2.05) is 32.9 Å². The van der Waals surface area contributed by atoms with E-state index in [9.17, 15) is 9.59 Å². The van der Waals surface area contributed by atoms with Crippen molar-refractivity contribution in [2.45, 2.75) is 33.6 Å². The molecule has 7 heteroatoms. The van der Waals surface area contributed by atoms with Crippen molar-refractivity contribution in [2.75, 3.05) is 13.1 Å². The Morgan fingerprint density at radius 3 is 2.36 bits per heavy atom. The highest BCUT2D eigenvalue weighted by atomic mass is 35.5. The Morgan fingerprint density at radius 2 is 1.80 bits per heavy atom. The SMILES string of the molecule is CCCNC(=O)CCNC(=O)c1ccc(-n2nc(C)c(Cl)c2C)cc1. The first kappa shape index (κ1) is 19.0. The molecule has 2 aromatic rings. The van der Waals surface area contributed by atoms with Crippen LogP contribution in [0, 0.1) is 13.8 Å². The molecule has 0 bridgehead atoms. The van der Waals surface area contributed by atoms with Gasteiger partial charge >= 0.3 is 0 Å². The third-order valence-corrected chi connectivity index (χ3v) is 4.33. The zero-order chi connectivity index (χ0) is 18.4. The quantitative estimate of drug-likeness (QED) is 0.795. The van der Waals surface area contributed by atoms with E-state index in [1.165, 1.54) is 0 Å². The first-order chi connectivity index (χ1) is 11.9. The van der Waals surface area contributed by atoms with Gasteiger partial charge in [-0.25, -0.2) is 4.68 Å². The van der Waals surface area contributed by atoms with Crippen LogP contribution in [0.1, 0.15) is 41.5 Å². The van der Waals surface area contributed by atoms with Gasteiger partial charge in [0.1, 0.15) is 0 Å². The van der Waals surface area contributed by atoms with Gasteiger partial charge in [0, 0.05) is 25.1 Å². The fraction of sp³-hybridized carbons (Fsp3) is 0.389. The molecule has 0 radical (unpaired) electrons. The molecule has 0 atom stereocenters. The first-order valence-electron chi connectivity index (χ1n) is 8.31. The van der Waals surface area contributed by atoms with Gasteiger partial charge in [0.25, 0.3) is 5.91 Å². The van der Waals surface area contributed by atoms with Crippen LogP contribution in [0.3, 0.4) is 0 Å². The van der Waals surface area contributed by atoms with Gasteiger partial charge in [-0.1, -0.05) is 18.5 Å². The number of rotatable bonds is 7. The Morgan fingerprint density at radius 1 is 1.12 bits per heavy atom. The van der Waals surface area contributed by atoms with Crippen LogP contribution in [-0.2, 0) is 4.79 Å². The lowest BCUT2D eigenvalue weighted by molar-refractivity contribution is -0.120. The van der Waals surface area contributed by atoms with E-state index in [2.05, 4.69) is 15.7 Å². The molecule has 2 N–H and O–H groups in total. The largest absolute Gasteiger partial charge is 0.356 e. The van der Waals surface area contributed by atoms with Gasteiger partial charge in [0.15, 0.2) is 0 Å². The third-order valence-electron chi connectivity index (χ3n) is 3.79. The number of hydrogen-bond acceptors (Lipinski definition) is 3. The molecule has 0 aliphatic carbocycles. The molecule has 2 rings (SSSR count). The van der Waals surface area contributed by atoms with Crippen molar-refractivity contribution in [2.24, 2.45) is 0 Å². The van der Waals surface area contributed by atoms with Crippen LogP contribution in [0.25, 0.3) is 5.69 Å². The maximum atomic E-state index is 12.1. The molecule has 0 saturated heterocycles. The Balaban J connectivity index is 1.94. The van der Waals surface area contributed by atoms with Crippen LogP contribution < -0.4 is 10.6 Å². The number of amides is 2. The Labute approximate surface area is 152 Å². The number of nitrogens with one attached hydrogen (secondary N) is 2. The molecule has 1 aromatic carbocycles.